The Morgan fingerprint density at radius 3 is 1.01 bits per heavy atom. The van der Waals surface area contributed by atoms with Gasteiger partial charge >= 0.3 is 0 Å². The predicted molar refractivity (Wildman–Crippen MR) is 369 cm³/mol. The summed E-state index contributed by atoms with van der Waals surface area (Å²) in [5.74, 6) is -0.169. The Morgan fingerprint density at radius 1 is 0.395 bits per heavy atom. The van der Waals surface area contributed by atoms with Gasteiger partial charge in [-0.1, -0.05) is 364 Å². The van der Waals surface area contributed by atoms with Crippen LogP contribution in [0.3, 0.4) is 0 Å². The van der Waals surface area contributed by atoms with Gasteiger partial charge in [-0.3, -0.25) is 4.79 Å². The van der Waals surface area contributed by atoms with E-state index >= 15 is 0 Å². The maximum Gasteiger partial charge on any atom is 0.220 e. The summed E-state index contributed by atoms with van der Waals surface area (Å²) in [7, 11) is 0. The first-order chi connectivity index (χ1) is 42.3. The van der Waals surface area contributed by atoms with E-state index < -0.39 is 49.5 Å². The Morgan fingerprint density at radius 2 is 0.686 bits per heavy atom. The van der Waals surface area contributed by atoms with Gasteiger partial charge in [-0.05, 0) is 57.8 Å². The van der Waals surface area contributed by atoms with Crippen LogP contribution in [-0.4, -0.2) is 87.5 Å². The Kier molecular flexibility index (Phi) is 63.1. The molecule has 0 spiro atoms. The first kappa shape index (κ1) is 82.2. The second-order valence-corrected chi connectivity index (χ2v) is 26.4. The lowest BCUT2D eigenvalue weighted by atomic mass is 9.99. The molecule has 0 saturated carbocycles. The maximum absolute atomic E-state index is 13.1. The molecule has 1 fully saturated rings. The van der Waals surface area contributed by atoms with Gasteiger partial charge in [-0.2, -0.15) is 0 Å². The maximum atomic E-state index is 13.1. The van der Waals surface area contributed by atoms with E-state index in [1.807, 2.05) is 6.08 Å². The molecule has 1 heterocycles. The van der Waals surface area contributed by atoms with Gasteiger partial charge in [0.25, 0.3) is 0 Å². The van der Waals surface area contributed by atoms with Crippen LogP contribution in [0.5, 0.6) is 0 Å². The van der Waals surface area contributed by atoms with Crippen molar-refractivity contribution in [2.45, 2.75) is 423 Å². The topological polar surface area (TPSA) is 149 Å². The normalized spacial score (nSPS) is 18.2. The number of unbranched alkanes of at least 4 members (excludes halogenated alkanes) is 51. The molecule has 1 rings (SSSR count). The minimum Gasteiger partial charge on any atom is -0.394 e. The summed E-state index contributed by atoms with van der Waals surface area (Å²) in [5.41, 5.74) is 0. The molecule has 1 amide bonds. The lowest BCUT2D eigenvalue weighted by molar-refractivity contribution is -0.302. The van der Waals surface area contributed by atoms with Crippen molar-refractivity contribution in [3.05, 3.63) is 48.6 Å². The number of aliphatic hydroxyl groups excluding tert-OH is 5. The van der Waals surface area contributed by atoms with Gasteiger partial charge in [-0.25, -0.2) is 0 Å². The van der Waals surface area contributed by atoms with Crippen molar-refractivity contribution >= 4 is 5.91 Å². The van der Waals surface area contributed by atoms with Crippen LogP contribution in [-0.2, 0) is 14.3 Å². The number of rotatable bonds is 67. The number of carbonyl (C=O) groups excluding carboxylic acids is 1. The van der Waals surface area contributed by atoms with Crippen LogP contribution in [0.1, 0.15) is 380 Å². The summed E-state index contributed by atoms with van der Waals surface area (Å²) in [4.78, 5) is 13.1. The number of amides is 1. The Bertz CT molecular complexity index is 1500. The largest absolute Gasteiger partial charge is 0.394 e. The van der Waals surface area contributed by atoms with Crippen molar-refractivity contribution < 1.29 is 39.8 Å². The molecule has 1 saturated heterocycles. The van der Waals surface area contributed by atoms with Gasteiger partial charge in [0.1, 0.15) is 24.4 Å². The Hall–Kier alpha value is -1.85. The second-order valence-electron chi connectivity index (χ2n) is 26.4. The Balaban J connectivity index is 2.06. The highest BCUT2D eigenvalue weighted by atomic mass is 16.7. The molecule has 7 unspecified atom stereocenters. The zero-order chi connectivity index (χ0) is 62.1. The molecule has 9 nitrogen and oxygen atoms in total. The first-order valence-electron chi connectivity index (χ1n) is 37.9. The van der Waals surface area contributed by atoms with Gasteiger partial charge in [0.15, 0.2) is 6.29 Å². The fourth-order valence-corrected chi connectivity index (χ4v) is 12.2. The molecule has 0 aromatic rings. The molecule has 9 heteroatoms. The molecule has 0 radical (unpaired) electrons. The third-order valence-corrected chi connectivity index (χ3v) is 18.1. The summed E-state index contributed by atoms with van der Waals surface area (Å²) < 4.78 is 11.3. The van der Waals surface area contributed by atoms with E-state index in [1.54, 1.807) is 6.08 Å². The van der Waals surface area contributed by atoms with Crippen molar-refractivity contribution in [1.82, 2.24) is 5.32 Å². The molecule has 506 valence electrons. The minimum atomic E-state index is -1.57. The number of allylic oxidation sites excluding steroid dienone is 7. The highest BCUT2D eigenvalue weighted by Gasteiger charge is 2.44. The molecule has 86 heavy (non-hydrogen) atoms. The molecule has 0 bridgehead atoms. The van der Waals surface area contributed by atoms with Crippen molar-refractivity contribution in [2.24, 2.45) is 0 Å². The number of aliphatic hydroxyl groups is 5. The highest BCUT2D eigenvalue weighted by molar-refractivity contribution is 5.76. The van der Waals surface area contributed by atoms with Crippen LogP contribution in [0.15, 0.2) is 48.6 Å². The summed E-state index contributed by atoms with van der Waals surface area (Å²) in [6.45, 7) is 3.82. The van der Waals surface area contributed by atoms with E-state index in [4.69, 9.17) is 9.47 Å². The molecule has 0 aliphatic carbocycles. The summed E-state index contributed by atoms with van der Waals surface area (Å²) in [6.07, 6.45) is 83.8. The predicted octanol–water partition coefficient (Wildman–Crippen LogP) is 21.1. The van der Waals surface area contributed by atoms with Gasteiger partial charge < -0.3 is 40.3 Å². The smallest absolute Gasteiger partial charge is 0.220 e. The molecule has 0 aromatic heterocycles. The van der Waals surface area contributed by atoms with Crippen LogP contribution in [0.25, 0.3) is 0 Å². The fourth-order valence-electron chi connectivity index (χ4n) is 12.2. The van der Waals surface area contributed by atoms with Crippen LogP contribution in [0.4, 0.5) is 0 Å². The van der Waals surface area contributed by atoms with Gasteiger partial charge in [0, 0.05) is 6.42 Å². The third kappa shape index (κ3) is 53.9. The van der Waals surface area contributed by atoms with E-state index in [-0.39, 0.29) is 12.5 Å². The van der Waals surface area contributed by atoms with Crippen molar-refractivity contribution in [2.75, 3.05) is 13.2 Å². The summed E-state index contributed by atoms with van der Waals surface area (Å²) >= 11 is 0. The fraction of sp³-hybridized carbons (Fsp3) is 0.883. The molecule has 0 aromatic carbocycles. The summed E-state index contributed by atoms with van der Waals surface area (Å²) in [6, 6.07) is -0.805. The molecular weight excluding hydrogens is 1070 g/mol. The SMILES string of the molecule is CCCCCCC/C=C\C/C=C\C/C=C\CCCCCCCCCCCCCCCCCCCCCCCCCCC(=O)NC(COC1OC(CO)C(O)C(O)C1O)C(O)/C=C/CCCCCCCCCCCCCCCCCCCCCCCC. The number of hydrogen-bond acceptors (Lipinski definition) is 8. The standard InChI is InChI=1S/C77H145NO8/c1-3-5-7-9-11-13-15-17-19-21-23-25-27-29-30-31-32-33-34-35-36-37-38-39-40-41-42-43-45-47-49-51-53-55-57-59-61-63-65-67-73(81)78-70(69-85-77-76(84)75(83)74(82)72(68-79)86-77)71(80)66-64-62-60-58-56-54-52-50-48-46-44-28-26-24-22-20-18-16-14-12-10-8-6-4-2/h15,17,21,23,27,29,64,66,70-72,74-77,79-80,82-84H,3-14,16,18-20,22,24-26,28,30-63,65,67-69H2,1-2H3,(H,78,81)/b17-15-,23-21-,29-27-,66-64+. The molecule has 1 aliphatic rings. The monoisotopic (exact) mass is 1210 g/mol. The van der Waals surface area contributed by atoms with Crippen molar-refractivity contribution in [1.29, 1.82) is 0 Å². The molecule has 6 N–H and O–H groups in total. The van der Waals surface area contributed by atoms with Crippen molar-refractivity contribution in [3.8, 4) is 0 Å². The van der Waals surface area contributed by atoms with E-state index in [9.17, 15) is 30.3 Å². The second kappa shape index (κ2) is 66.1. The zero-order valence-electron chi connectivity index (χ0n) is 56.8. The lowest BCUT2D eigenvalue weighted by Gasteiger charge is -2.40. The lowest BCUT2D eigenvalue weighted by Crippen LogP contribution is -2.60. The first-order valence-corrected chi connectivity index (χ1v) is 37.9. The number of nitrogens with one attached hydrogen (secondary N) is 1. The van der Waals surface area contributed by atoms with E-state index in [2.05, 4.69) is 55.6 Å². The average molecular weight is 1210 g/mol. The molecule has 7 atom stereocenters. The van der Waals surface area contributed by atoms with E-state index in [0.717, 1.165) is 51.4 Å². The van der Waals surface area contributed by atoms with Crippen molar-refractivity contribution in [3.63, 3.8) is 0 Å². The minimum absolute atomic E-state index is 0.169. The van der Waals surface area contributed by atoms with Crippen LogP contribution in [0.2, 0.25) is 0 Å². The number of hydrogen-bond donors (Lipinski definition) is 6. The van der Waals surface area contributed by atoms with Gasteiger partial charge in [0.05, 0.1) is 25.4 Å². The molecule has 1 aliphatic heterocycles. The van der Waals surface area contributed by atoms with Crippen LogP contribution in [0, 0.1) is 0 Å². The third-order valence-electron chi connectivity index (χ3n) is 18.1. The van der Waals surface area contributed by atoms with Crippen LogP contribution >= 0.6 is 0 Å². The van der Waals surface area contributed by atoms with E-state index in [0.29, 0.717) is 6.42 Å². The summed E-state index contributed by atoms with van der Waals surface area (Å²) in [5, 5.41) is 54.8. The Labute approximate surface area is 533 Å². The quantitative estimate of drug-likeness (QED) is 0.0261. The number of ether oxygens (including phenoxy) is 2. The van der Waals surface area contributed by atoms with Gasteiger partial charge in [0.2, 0.25) is 5.91 Å². The van der Waals surface area contributed by atoms with Gasteiger partial charge in [-0.15, -0.1) is 0 Å². The zero-order valence-corrected chi connectivity index (χ0v) is 56.8. The number of carbonyl (C=O) groups is 1. The molecular formula is C77H145NO8. The van der Waals surface area contributed by atoms with Crippen LogP contribution < -0.4 is 5.32 Å². The average Bonchev–Trinajstić information content (AvgIpc) is 3.55. The highest BCUT2D eigenvalue weighted by Crippen LogP contribution is 2.24. The van der Waals surface area contributed by atoms with E-state index in [1.165, 1.54) is 308 Å².